The number of fused-ring (bicyclic) bond motifs is 1. The number of rotatable bonds is 7. The normalized spacial score (nSPS) is 12.5. The maximum absolute atomic E-state index is 12.7. The van der Waals surface area contributed by atoms with Crippen LogP contribution >= 0.6 is 0 Å². The molecule has 5 nitrogen and oxygen atoms in total. The average Bonchev–Trinajstić information content (AvgIpc) is 3.18. The molecule has 0 unspecified atom stereocenters. The number of amides is 2. The van der Waals surface area contributed by atoms with Crippen molar-refractivity contribution in [1.82, 2.24) is 5.48 Å². The Labute approximate surface area is 176 Å². The third kappa shape index (κ3) is 4.93. The number of anilines is 1. The summed E-state index contributed by atoms with van der Waals surface area (Å²) < 4.78 is 0. The highest BCUT2D eigenvalue weighted by Gasteiger charge is 2.25. The molecule has 0 spiro atoms. The Morgan fingerprint density at radius 3 is 2.27 bits per heavy atom. The highest BCUT2D eigenvalue weighted by Crippen LogP contribution is 2.29. The van der Waals surface area contributed by atoms with Gasteiger partial charge in [0.25, 0.3) is 0 Å². The van der Waals surface area contributed by atoms with Crippen molar-refractivity contribution >= 4 is 17.5 Å². The lowest BCUT2D eigenvalue weighted by Crippen LogP contribution is -2.30. The highest BCUT2D eigenvalue weighted by molar-refractivity contribution is 5.96. The van der Waals surface area contributed by atoms with Crippen LogP contribution in [0, 0.1) is 0 Å². The molecule has 1 heterocycles. The first kappa shape index (κ1) is 19.9. The first-order chi connectivity index (χ1) is 14.7. The summed E-state index contributed by atoms with van der Waals surface area (Å²) in [5, 5.41) is 0. The fourth-order valence-corrected chi connectivity index (χ4v) is 3.69. The third-order valence-corrected chi connectivity index (χ3v) is 5.17. The summed E-state index contributed by atoms with van der Waals surface area (Å²) in [6.07, 6.45) is 1.43. The SMILES string of the molecule is O=C(Cc1ccc2c(c1)CCN2C(=O)Cc1ccccc1)NOCc1ccccc1. The smallest absolute Gasteiger partial charge is 0.247 e. The molecule has 0 saturated heterocycles. The van der Waals surface area contributed by atoms with E-state index >= 15 is 0 Å². The van der Waals surface area contributed by atoms with Gasteiger partial charge in [0.2, 0.25) is 11.8 Å². The van der Waals surface area contributed by atoms with Crippen LogP contribution in [-0.4, -0.2) is 18.4 Å². The molecule has 1 aliphatic heterocycles. The number of hydrogen-bond acceptors (Lipinski definition) is 3. The highest BCUT2D eigenvalue weighted by atomic mass is 16.6. The van der Waals surface area contributed by atoms with Crippen molar-refractivity contribution in [3.05, 3.63) is 101 Å². The van der Waals surface area contributed by atoms with Gasteiger partial charge in [0.05, 0.1) is 19.4 Å². The van der Waals surface area contributed by atoms with Gasteiger partial charge in [-0.15, -0.1) is 0 Å². The Hall–Kier alpha value is -3.44. The molecule has 0 bridgehead atoms. The lowest BCUT2D eigenvalue weighted by atomic mass is 10.1. The lowest BCUT2D eigenvalue weighted by Gasteiger charge is -2.17. The van der Waals surface area contributed by atoms with Gasteiger partial charge in [-0.25, -0.2) is 5.48 Å². The summed E-state index contributed by atoms with van der Waals surface area (Å²) in [7, 11) is 0. The van der Waals surface area contributed by atoms with Crippen molar-refractivity contribution in [3.8, 4) is 0 Å². The molecule has 152 valence electrons. The van der Waals surface area contributed by atoms with E-state index in [4.69, 9.17) is 4.84 Å². The molecule has 0 aromatic heterocycles. The molecule has 0 fully saturated rings. The predicted octanol–water partition coefficient (Wildman–Crippen LogP) is 3.61. The third-order valence-electron chi connectivity index (χ3n) is 5.17. The van der Waals surface area contributed by atoms with E-state index in [1.54, 1.807) is 0 Å². The molecular formula is C25H24N2O3. The second-order valence-electron chi connectivity index (χ2n) is 7.40. The summed E-state index contributed by atoms with van der Waals surface area (Å²) in [4.78, 5) is 32.0. The number of benzene rings is 3. The Balaban J connectivity index is 1.32. The van der Waals surface area contributed by atoms with Crippen LogP contribution in [0.4, 0.5) is 5.69 Å². The Kier molecular flexibility index (Phi) is 6.20. The average molecular weight is 400 g/mol. The van der Waals surface area contributed by atoms with E-state index in [0.717, 1.165) is 34.4 Å². The quantitative estimate of drug-likeness (QED) is 0.617. The van der Waals surface area contributed by atoms with Crippen molar-refractivity contribution in [2.24, 2.45) is 0 Å². The number of hydroxylamine groups is 1. The largest absolute Gasteiger partial charge is 0.312 e. The topological polar surface area (TPSA) is 58.6 Å². The fourth-order valence-electron chi connectivity index (χ4n) is 3.69. The molecule has 2 amide bonds. The first-order valence-electron chi connectivity index (χ1n) is 10.1. The van der Waals surface area contributed by atoms with Gasteiger partial charge < -0.3 is 4.90 Å². The van der Waals surface area contributed by atoms with E-state index in [1.165, 1.54) is 0 Å². The van der Waals surface area contributed by atoms with Gasteiger partial charge in [-0.05, 0) is 34.7 Å². The second-order valence-corrected chi connectivity index (χ2v) is 7.40. The molecule has 3 aromatic carbocycles. The van der Waals surface area contributed by atoms with Crippen molar-refractivity contribution in [3.63, 3.8) is 0 Å². The van der Waals surface area contributed by atoms with Crippen LogP contribution in [0.2, 0.25) is 0 Å². The molecule has 0 aliphatic carbocycles. The summed E-state index contributed by atoms with van der Waals surface area (Å²) in [6.45, 7) is 1.01. The molecule has 0 radical (unpaired) electrons. The fraction of sp³-hybridized carbons (Fsp3) is 0.200. The molecule has 30 heavy (non-hydrogen) atoms. The summed E-state index contributed by atoms with van der Waals surface area (Å²) in [5.74, 6) is -0.0966. The van der Waals surface area contributed by atoms with E-state index in [1.807, 2.05) is 83.8 Å². The van der Waals surface area contributed by atoms with Gasteiger partial charge in [0.15, 0.2) is 0 Å². The molecule has 4 rings (SSSR count). The number of carbonyl (C=O) groups is 2. The standard InChI is InChI=1S/C25H24N2O3/c28-24(26-30-18-20-9-5-2-6-10-20)16-21-11-12-23-22(15-21)13-14-27(23)25(29)17-19-7-3-1-4-8-19/h1-12,15H,13-14,16-18H2,(H,26,28). The second kappa shape index (κ2) is 9.37. The van der Waals surface area contributed by atoms with Crippen LogP contribution in [-0.2, 0) is 40.3 Å². The van der Waals surface area contributed by atoms with E-state index in [9.17, 15) is 9.59 Å². The van der Waals surface area contributed by atoms with Gasteiger partial charge in [0.1, 0.15) is 0 Å². The Bertz CT molecular complexity index is 1020. The minimum absolute atomic E-state index is 0.0970. The van der Waals surface area contributed by atoms with Gasteiger partial charge in [-0.3, -0.25) is 14.4 Å². The molecule has 1 N–H and O–H groups in total. The van der Waals surface area contributed by atoms with Crippen LogP contribution in [0.1, 0.15) is 22.3 Å². The number of carbonyl (C=O) groups excluding carboxylic acids is 2. The zero-order chi connectivity index (χ0) is 20.8. The maximum atomic E-state index is 12.7. The minimum Gasteiger partial charge on any atom is -0.312 e. The van der Waals surface area contributed by atoms with E-state index in [0.29, 0.717) is 19.6 Å². The molecule has 1 aliphatic rings. The number of hydrogen-bond donors (Lipinski definition) is 1. The van der Waals surface area contributed by atoms with E-state index in [2.05, 4.69) is 5.48 Å². The number of nitrogens with one attached hydrogen (secondary N) is 1. The van der Waals surface area contributed by atoms with Crippen molar-refractivity contribution in [2.75, 3.05) is 11.4 Å². The molecule has 0 atom stereocenters. The maximum Gasteiger partial charge on any atom is 0.247 e. The van der Waals surface area contributed by atoms with E-state index < -0.39 is 0 Å². The van der Waals surface area contributed by atoms with Crippen LogP contribution in [0.3, 0.4) is 0 Å². The molecule has 5 heteroatoms. The van der Waals surface area contributed by atoms with Crippen molar-refractivity contribution in [1.29, 1.82) is 0 Å². The summed E-state index contributed by atoms with van der Waals surface area (Å²) in [6, 6.07) is 25.3. The predicted molar refractivity (Wildman–Crippen MR) is 116 cm³/mol. The molecule has 0 saturated carbocycles. The van der Waals surface area contributed by atoms with Crippen LogP contribution in [0.5, 0.6) is 0 Å². The summed E-state index contributed by atoms with van der Waals surface area (Å²) >= 11 is 0. The van der Waals surface area contributed by atoms with Crippen LogP contribution in [0.15, 0.2) is 78.9 Å². The monoisotopic (exact) mass is 400 g/mol. The Morgan fingerprint density at radius 2 is 1.53 bits per heavy atom. The van der Waals surface area contributed by atoms with Gasteiger partial charge in [-0.1, -0.05) is 72.8 Å². The van der Waals surface area contributed by atoms with Crippen molar-refractivity contribution < 1.29 is 14.4 Å². The minimum atomic E-state index is -0.194. The summed E-state index contributed by atoms with van der Waals surface area (Å²) in [5.41, 5.74) is 7.47. The van der Waals surface area contributed by atoms with Crippen molar-refractivity contribution in [2.45, 2.75) is 25.9 Å². The zero-order valence-electron chi connectivity index (χ0n) is 16.7. The zero-order valence-corrected chi connectivity index (χ0v) is 16.7. The molecular weight excluding hydrogens is 376 g/mol. The Morgan fingerprint density at radius 1 is 0.833 bits per heavy atom. The van der Waals surface area contributed by atoms with Gasteiger partial charge in [0, 0.05) is 12.2 Å². The van der Waals surface area contributed by atoms with Crippen LogP contribution < -0.4 is 10.4 Å². The molecule has 3 aromatic rings. The van der Waals surface area contributed by atoms with Crippen LogP contribution in [0.25, 0.3) is 0 Å². The van der Waals surface area contributed by atoms with Gasteiger partial charge in [-0.2, -0.15) is 0 Å². The van der Waals surface area contributed by atoms with Gasteiger partial charge >= 0.3 is 0 Å². The number of nitrogens with zero attached hydrogens (tertiary/aromatic N) is 1. The van der Waals surface area contributed by atoms with E-state index in [-0.39, 0.29) is 18.2 Å². The lowest BCUT2D eigenvalue weighted by molar-refractivity contribution is -0.133. The first-order valence-corrected chi connectivity index (χ1v) is 10.1.